The molecule has 0 spiro atoms. The first-order chi connectivity index (χ1) is 5.10. The molecule has 0 rings (SSSR count). The third kappa shape index (κ3) is 1.78. The van der Waals surface area contributed by atoms with Crippen molar-refractivity contribution in [2.45, 2.75) is 11.8 Å². The minimum absolute atomic E-state index is 1.37. The van der Waals surface area contributed by atoms with Gasteiger partial charge in [0.15, 0.2) is 0 Å². The summed E-state index contributed by atoms with van der Waals surface area (Å²) in [6.07, 6.45) is 0. The Labute approximate surface area is 66.4 Å². The van der Waals surface area contributed by atoms with Crippen LogP contribution in [0.15, 0.2) is 12.2 Å². The first kappa shape index (κ1) is 11.0. The van der Waals surface area contributed by atoms with Crippen molar-refractivity contribution in [3.05, 3.63) is 12.2 Å². The smallest absolute Gasteiger partial charge is 0.337 e. The van der Waals surface area contributed by atoms with Crippen LogP contribution in [0.4, 0.5) is 0 Å². The Morgan fingerprint density at radius 2 is 1.42 bits per heavy atom. The normalized spacial score (nSPS) is 12.8. The molecule has 0 unspecified atom stereocenters. The summed E-state index contributed by atoms with van der Waals surface area (Å²) in [6.45, 7) is 2.61. The fourth-order valence-electron chi connectivity index (χ4n) is 0.352. The highest BCUT2D eigenvalue weighted by molar-refractivity contribution is 5.87. The van der Waals surface area contributed by atoms with Crippen LogP contribution >= 0.6 is 0 Å². The maximum atomic E-state index is 10.0. The molecule has 0 aromatic rings. The second kappa shape index (κ2) is 2.81. The summed E-state index contributed by atoms with van der Waals surface area (Å²) in [6, 6.07) is 0. The van der Waals surface area contributed by atoms with Crippen molar-refractivity contribution in [2.75, 3.05) is 0 Å². The van der Waals surface area contributed by atoms with Gasteiger partial charge in [0.25, 0.3) is 5.79 Å². The molecule has 0 bridgehead atoms. The molecule has 0 radical (unpaired) electrons. The van der Waals surface area contributed by atoms with Crippen LogP contribution < -0.4 is 0 Å². The van der Waals surface area contributed by atoms with E-state index in [9.17, 15) is 4.79 Å². The van der Waals surface area contributed by atoms with E-state index in [0.29, 0.717) is 0 Å². The summed E-state index contributed by atoms with van der Waals surface area (Å²) in [5, 5.41) is 50.1. The van der Waals surface area contributed by atoms with Gasteiger partial charge in [0.2, 0.25) is 0 Å². The number of carbonyl (C=O) groups is 1. The van der Waals surface area contributed by atoms with E-state index in [1.165, 1.54) is 0 Å². The summed E-state index contributed by atoms with van der Waals surface area (Å²) < 4.78 is 0. The number of rotatable bonds is 3. The summed E-state index contributed by atoms with van der Waals surface area (Å²) in [5.74, 6) is -9.57. The van der Waals surface area contributed by atoms with Gasteiger partial charge in [-0.3, -0.25) is 0 Å². The molecule has 6 N–H and O–H groups in total. The number of aliphatic carboxylic acids is 1. The Hall–Kier alpha value is -0.990. The lowest BCUT2D eigenvalue weighted by Gasteiger charge is -2.29. The highest BCUT2D eigenvalue weighted by Gasteiger charge is 2.51. The first-order valence-corrected chi connectivity index (χ1v) is 2.65. The molecule has 12 heavy (non-hydrogen) atoms. The molecule has 0 aromatic carbocycles. The lowest BCUT2D eigenvalue weighted by Crippen LogP contribution is -2.56. The lowest BCUT2D eigenvalue weighted by molar-refractivity contribution is -0.432. The van der Waals surface area contributed by atoms with Crippen LogP contribution in [0.25, 0.3) is 0 Å². The van der Waals surface area contributed by atoms with Gasteiger partial charge in [0.1, 0.15) is 0 Å². The van der Waals surface area contributed by atoms with Crippen LogP contribution in [-0.4, -0.2) is 48.4 Å². The number of aliphatic hydroxyl groups is 5. The highest BCUT2D eigenvalue weighted by atomic mass is 16.7. The Kier molecular flexibility index (Phi) is 2.58. The first-order valence-electron chi connectivity index (χ1n) is 2.65. The third-order valence-corrected chi connectivity index (χ3v) is 1.15. The summed E-state index contributed by atoms with van der Waals surface area (Å²) >= 11 is 0. The lowest BCUT2D eigenvalue weighted by atomic mass is 10.1. The van der Waals surface area contributed by atoms with Crippen LogP contribution in [0.2, 0.25) is 0 Å². The van der Waals surface area contributed by atoms with Crippen molar-refractivity contribution in [1.29, 1.82) is 0 Å². The molecule has 7 nitrogen and oxygen atoms in total. The minimum atomic E-state index is -3.97. The fraction of sp³-hybridized carbons (Fsp3) is 0.400. The second-order valence-corrected chi connectivity index (χ2v) is 2.09. The Morgan fingerprint density at radius 3 is 1.50 bits per heavy atom. The van der Waals surface area contributed by atoms with E-state index in [4.69, 9.17) is 30.6 Å². The van der Waals surface area contributed by atoms with Crippen molar-refractivity contribution < 1.29 is 35.4 Å². The SMILES string of the molecule is C=C(C(=O)O)C(O)(O)C(O)(O)O. The van der Waals surface area contributed by atoms with Gasteiger partial charge in [-0.2, -0.15) is 0 Å². The monoisotopic (exact) mass is 180 g/mol. The van der Waals surface area contributed by atoms with Gasteiger partial charge >= 0.3 is 11.9 Å². The van der Waals surface area contributed by atoms with E-state index in [0.717, 1.165) is 0 Å². The molecule has 0 saturated heterocycles. The van der Waals surface area contributed by atoms with Gasteiger partial charge in [-0.25, -0.2) is 4.79 Å². The molecule has 70 valence electrons. The van der Waals surface area contributed by atoms with E-state index in [1.807, 2.05) is 0 Å². The predicted molar refractivity (Wildman–Crippen MR) is 33.3 cm³/mol. The molecule has 0 fully saturated rings. The van der Waals surface area contributed by atoms with Crippen molar-refractivity contribution in [2.24, 2.45) is 0 Å². The minimum Gasteiger partial charge on any atom is -0.478 e. The Bertz CT molecular complexity index is 210. The molecule has 7 heteroatoms. The third-order valence-electron chi connectivity index (χ3n) is 1.15. The molecular weight excluding hydrogens is 172 g/mol. The molecule has 0 aliphatic rings. The second-order valence-electron chi connectivity index (χ2n) is 2.09. The Morgan fingerprint density at radius 1 is 1.08 bits per heavy atom. The molecule has 0 saturated carbocycles. The summed E-state index contributed by atoms with van der Waals surface area (Å²) in [5.41, 5.74) is -1.37. The average molecular weight is 180 g/mol. The van der Waals surface area contributed by atoms with Crippen molar-refractivity contribution in [1.82, 2.24) is 0 Å². The summed E-state index contributed by atoms with van der Waals surface area (Å²) in [4.78, 5) is 10.0. The number of carboxylic acids is 1. The van der Waals surface area contributed by atoms with Crippen LogP contribution in [0.5, 0.6) is 0 Å². The molecule has 0 aliphatic carbocycles. The molecule has 0 atom stereocenters. The fourth-order valence-corrected chi connectivity index (χ4v) is 0.352. The van der Waals surface area contributed by atoms with Gasteiger partial charge in [-0.05, 0) is 0 Å². The number of hydrogen-bond acceptors (Lipinski definition) is 6. The van der Waals surface area contributed by atoms with Gasteiger partial charge in [-0.15, -0.1) is 0 Å². The summed E-state index contributed by atoms with van der Waals surface area (Å²) in [7, 11) is 0. The largest absolute Gasteiger partial charge is 0.478 e. The molecule has 0 aromatic heterocycles. The van der Waals surface area contributed by atoms with Crippen LogP contribution in [-0.2, 0) is 4.79 Å². The van der Waals surface area contributed by atoms with Gasteiger partial charge in [-0.1, -0.05) is 6.58 Å². The standard InChI is InChI=1S/C5H8O7/c1-2(3(6)7)4(8,9)5(10,11)12/h8-12H,1H2,(H,6,7). The molecular formula is C5H8O7. The average Bonchev–Trinajstić information content (AvgIpc) is 1.83. The zero-order valence-electron chi connectivity index (χ0n) is 5.80. The van der Waals surface area contributed by atoms with Crippen LogP contribution in [0, 0.1) is 0 Å². The predicted octanol–water partition coefficient (Wildman–Crippen LogP) is -3.06. The molecule has 0 aliphatic heterocycles. The number of hydrogen-bond donors (Lipinski definition) is 6. The van der Waals surface area contributed by atoms with E-state index >= 15 is 0 Å². The van der Waals surface area contributed by atoms with Gasteiger partial charge in [0.05, 0.1) is 5.57 Å². The van der Waals surface area contributed by atoms with Gasteiger partial charge in [0, 0.05) is 0 Å². The highest BCUT2D eigenvalue weighted by Crippen LogP contribution is 2.21. The van der Waals surface area contributed by atoms with Crippen molar-refractivity contribution in [3.8, 4) is 0 Å². The maximum Gasteiger partial charge on any atom is 0.337 e. The van der Waals surface area contributed by atoms with Crippen molar-refractivity contribution in [3.63, 3.8) is 0 Å². The van der Waals surface area contributed by atoms with E-state index in [2.05, 4.69) is 6.58 Å². The van der Waals surface area contributed by atoms with Crippen LogP contribution in [0.1, 0.15) is 0 Å². The van der Waals surface area contributed by atoms with E-state index in [1.54, 1.807) is 0 Å². The maximum absolute atomic E-state index is 10.0. The van der Waals surface area contributed by atoms with Gasteiger partial charge < -0.3 is 30.6 Å². The zero-order chi connectivity index (χ0) is 10.2. The van der Waals surface area contributed by atoms with E-state index in [-0.39, 0.29) is 0 Å². The Balaban J connectivity index is 4.87. The topological polar surface area (TPSA) is 138 Å². The van der Waals surface area contributed by atoms with Crippen LogP contribution in [0.3, 0.4) is 0 Å². The zero-order valence-corrected chi connectivity index (χ0v) is 5.80. The number of carboxylic acid groups (broad SMARTS) is 1. The quantitative estimate of drug-likeness (QED) is 0.200. The molecule has 0 heterocycles. The van der Waals surface area contributed by atoms with Crippen molar-refractivity contribution >= 4 is 5.97 Å². The molecule has 0 amide bonds. The van der Waals surface area contributed by atoms with E-state index < -0.39 is 23.3 Å².